The minimum Gasteiger partial charge on any atom is -0.339 e. The standard InChI is InChI=1S/C13H21N5OS/c1-12(2,3)9-15-11(17-16-9)20-7-8-14-10(19-18-8)13(4,5)6/h7H2,1-6H3,(H,15,16,17). The second-order valence-electron chi connectivity index (χ2n) is 6.77. The van der Waals surface area contributed by atoms with Crippen LogP contribution in [0.3, 0.4) is 0 Å². The summed E-state index contributed by atoms with van der Waals surface area (Å²) in [5.74, 6) is 2.80. The van der Waals surface area contributed by atoms with E-state index in [1.165, 1.54) is 11.8 Å². The van der Waals surface area contributed by atoms with Crippen LogP contribution < -0.4 is 0 Å². The summed E-state index contributed by atoms with van der Waals surface area (Å²) in [5.41, 5.74) is -0.155. The fraction of sp³-hybridized carbons (Fsp3) is 0.692. The molecule has 7 heteroatoms. The van der Waals surface area contributed by atoms with Crippen LogP contribution in [-0.2, 0) is 16.6 Å². The Morgan fingerprint density at radius 1 is 1.05 bits per heavy atom. The van der Waals surface area contributed by atoms with Crippen LogP contribution in [-0.4, -0.2) is 25.3 Å². The van der Waals surface area contributed by atoms with Crippen molar-refractivity contribution in [2.45, 2.75) is 63.3 Å². The number of rotatable bonds is 3. The average Bonchev–Trinajstić information content (AvgIpc) is 2.94. The van der Waals surface area contributed by atoms with Crippen molar-refractivity contribution in [2.75, 3.05) is 0 Å². The normalized spacial score (nSPS) is 12.9. The minimum absolute atomic E-state index is 0.0304. The zero-order chi connectivity index (χ0) is 15.0. The van der Waals surface area contributed by atoms with E-state index in [4.69, 9.17) is 4.52 Å². The number of hydrogen-bond donors (Lipinski definition) is 1. The van der Waals surface area contributed by atoms with E-state index in [0.29, 0.717) is 22.6 Å². The van der Waals surface area contributed by atoms with Gasteiger partial charge in [0.05, 0.1) is 5.75 Å². The van der Waals surface area contributed by atoms with Gasteiger partial charge in [0.1, 0.15) is 5.82 Å². The number of thioether (sulfide) groups is 1. The van der Waals surface area contributed by atoms with E-state index in [9.17, 15) is 0 Å². The number of hydrogen-bond acceptors (Lipinski definition) is 6. The van der Waals surface area contributed by atoms with Crippen LogP contribution in [0.4, 0.5) is 0 Å². The van der Waals surface area contributed by atoms with Crippen molar-refractivity contribution in [1.29, 1.82) is 0 Å². The summed E-state index contributed by atoms with van der Waals surface area (Å²) in [6.45, 7) is 12.4. The van der Waals surface area contributed by atoms with Crippen molar-refractivity contribution >= 4 is 11.8 Å². The van der Waals surface area contributed by atoms with Crippen molar-refractivity contribution in [2.24, 2.45) is 0 Å². The SMILES string of the molecule is CC(C)(C)c1nc(SCc2noc(C(C)(C)C)n2)n[nH]1. The molecule has 0 spiro atoms. The van der Waals surface area contributed by atoms with Crippen LogP contribution in [0.25, 0.3) is 0 Å². The lowest BCUT2D eigenvalue weighted by Gasteiger charge is -2.12. The van der Waals surface area contributed by atoms with Crippen LogP contribution >= 0.6 is 11.8 Å². The van der Waals surface area contributed by atoms with Gasteiger partial charge in [-0.15, -0.1) is 5.10 Å². The number of aromatic nitrogens is 5. The maximum absolute atomic E-state index is 5.25. The first-order valence-electron chi connectivity index (χ1n) is 6.55. The third-order valence-corrected chi connectivity index (χ3v) is 3.46. The molecule has 0 saturated carbocycles. The van der Waals surface area contributed by atoms with Crippen molar-refractivity contribution in [3.05, 3.63) is 17.5 Å². The van der Waals surface area contributed by atoms with Crippen LogP contribution in [0.2, 0.25) is 0 Å². The first-order chi connectivity index (χ1) is 9.16. The van der Waals surface area contributed by atoms with Gasteiger partial charge in [-0.2, -0.15) is 4.98 Å². The van der Waals surface area contributed by atoms with Crippen LogP contribution in [0, 0.1) is 0 Å². The van der Waals surface area contributed by atoms with E-state index in [1.54, 1.807) is 0 Å². The average molecular weight is 295 g/mol. The molecule has 0 bridgehead atoms. The van der Waals surface area contributed by atoms with Gasteiger partial charge in [0.2, 0.25) is 11.0 Å². The molecular weight excluding hydrogens is 274 g/mol. The van der Waals surface area contributed by atoms with E-state index in [-0.39, 0.29) is 10.8 Å². The Bertz CT molecular complexity index is 524. The summed E-state index contributed by atoms with van der Waals surface area (Å²) in [7, 11) is 0. The zero-order valence-electron chi connectivity index (χ0n) is 12.8. The third kappa shape index (κ3) is 3.59. The van der Waals surface area contributed by atoms with Crippen LogP contribution in [0.1, 0.15) is 59.1 Å². The van der Waals surface area contributed by atoms with Crippen LogP contribution in [0.15, 0.2) is 9.68 Å². The molecule has 2 aromatic heterocycles. The molecule has 0 fully saturated rings. The molecule has 0 radical (unpaired) electrons. The van der Waals surface area contributed by atoms with Gasteiger partial charge in [0, 0.05) is 10.8 Å². The van der Waals surface area contributed by atoms with Crippen molar-refractivity contribution in [3.8, 4) is 0 Å². The number of nitrogens with zero attached hydrogens (tertiary/aromatic N) is 4. The third-order valence-electron chi connectivity index (χ3n) is 2.62. The second-order valence-corrected chi connectivity index (χ2v) is 7.71. The van der Waals surface area contributed by atoms with Gasteiger partial charge in [-0.3, -0.25) is 5.10 Å². The molecular formula is C13H21N5OS. The highest BCUT2D eigenvalue weighted by Crippen LogP contribution is 2.24. The van der Waals surface area contributed by atoms with E-state index >= 15 is 0 Å². The van der Waals surface area contributed by atoms with Gasteiger partial charge >= 0.3 is 0 Å². The quantitative estimate of drug-likeness (QED) is 0.876. The highest BCUT2D eigenvalue weighted by Gasteiger charge is 2.22. The Hall–Kier alpha value is -1.37. The topological polar surface area (TPSA) is 80.5 Å². The predicted molar refractivity (Wildman–Crippen MR) is 77.6 cm³/mol. The smallest absolute Gasteiger partial charge is 0.232 e. The van der Waals surface area contributed by atoms with E-state index < -0.39 is 0 Å². The Balaban J connectivity index is 1.99. The lowest BCUT2D eigenvalue weighted by molar-refractivity contribution is 0.319. The lowest BCUT2D eigenvalue weighted by Crippen LogP contribution is -2.13. The highest BCUT2D eigenvalue weighted by molar-refractivity contribution is 7.98. The highest BCUT2D eigenvalue weighted by atomic mass is 32.2. The Morgan fingerprint density at radius 3 is 2.25 bits per heavy atom. The Morgan fingerprint density at radius 2 is 1.75 bits per heavy atom. The molecule has 110 valence electrons. The summed E-state index contributed by atoms with van der Waals surface area (Å²) in [5, 5.41) is 11.8. The summed E-state index contributed by atoms with van der Waals surface area (Å²) in [6, 6.07) is 0. The molecule has 0 saturated heterocycles. The van der Waals surface area contributed by atoms with Gasteiger partial charge in [-0.05, 0) is 0 Å². The lowest BCUT2D eigenvalue weighted by atomic mass is 9.96. The van der Waals surface area contributed by atoms with Gasteiger partial charge < -0.3 is 4.52 Å². The van der Waals surface area contributed by atoms with E-state index in [1.807, 2.05) is 20.8 Å². The summed E-state index contributed by atoms with van der Waals surface area (Å²) in [6.07, 6.45) is 0. The maximum Gasteiger partial charge on any atom is 0.232 e. The molecule has 0 amide bonds. The zero-order valence-corrected chi connectivity index (χ0v) is 13.6. The largest absolute Gasteiger partial charge is 0.339 e. The van der Waals surface area contributed by atoms with Crippen molar-refractivity contribution < 1.29 is 4.52 Å². The van der Waals surface area contributed by atoms with Crippen LogP contribution in [0.5, 0.6) is 0 Å². The predicted octanol–water partition coefficient (Wildman–Crippen LogP) is 3.08. The molecule has 2 aromatic rings. The fourth-order valence-corrected chi connectivity index (χ4v) is 2.03. The molecule has 0 aliphatic rings. The summed E-state index contributed by atoms with van der Waals surface area (Å²) < 4.78 is 5.25. The van der Waals surface area contributed by atoms with Gasteiger partial charge in [-0.25, -0.2) is 4.98 Å². The van der Waals surface area contributed by atoms with E-state index in [2.05, 4.69) is 46.1 Å². The van der Waals surface area contributed by atoms with Gasteiger partial charge in [0.25, 0.3) is 0 Å². The molecule has 0 aromatic carbocycles. The van der Waals surface area contributed by atoms with Gasteiger partial charge in [0.15, 0.2) is 5.82 Å². The summed E-state index contributed by atoms with van der Waals surface area (Å²) >= 11 is 1.50. The van der Waals surface area contributed by atoms with E-state index in [0.717, 1.165) is 5.82 Å². The molecule has 2 heterocycles. The molecule has 2 rings (SSSR count). The molecule has 0 aliphatic heterocycles. The molecule has 0 atom stereocenters. The minimum atomic E-state index is -0.125. The summed E-state index contributed by atoms with van der Waals surface area (Å²) in [4.78, 5) is 8.85. The molecule has 6 nitrogen and oxygen atoms in total. The fourth-order valence-electron chi connectivity index (χ4n) is 1.39. The molecule has 0 aliphatic carbocycles. The van der Waals surface area contributed by atoms with Crippen molar-refractivity contribution in [3.63, 3.8) is 0 Å². The number of aromatic amines is 1. The first kappa shape index (κ1) is 15.0. The van der Waals surface area contributed by atoms with Crippen molar-refractivity contribution in [1.82, 2.24) is 25.3 Å². The Kier molecular flexibility index (Phi) is 3.90. The second kappa shape index (κ2) is 5.20. The molecule has 20 heavy (non-hydrogen) atoms. The maximum atomic E-state index is 5.25. The number of H-pyrrole nitrogens is 1. The number of nitrogens with one attached hydrogen (secondary N) is 1. The first-order valence-corrected chi connectivity index (χ1v) is 7.53. The monoisotopic (exact) mass is 295 g/mol. The van der Waals surface area contributed by atoms with Gasteiger partial charge in [-0.1, -0.05) is 58.5 Å². The molecule has 0 unspecified atom stereocenters. The molecule has 1 N–H and O–H groups in total. The Labute approximate surface area is 123 Å².